The molecule has 2 heterocycles. The lowest BCUT2D eigenvalue weighted by molar-refractivity contribution is -0.137. The van der Waals surface area contributed by atoms with Crippen LogP contribution in [0.4, 0.5) is 4.79 Å². The van der Waals surface area contributed by atoms with Crippen LogP contribution in [0.2, 0.25) is 0 Å². The van der Waals surface area contributed by atoms with Gasteiger partial charge in [-0.25, -0.2) is 4.79 Å². The van der Waals surface area contributed by atoms with Crippen LogP contribution in [0.15, 0.2) is 0 Å². The molecule has 134 valence electrons. The van der Waals surface area contributed by atoms with E-state index in [1.165, 1.54) is 0 Å². The molecular formula is C17H28N4O3. The fourth-order valence-electron chi connectivity index (χ4n) is 4.22. The second kappa shape index (κ2) is 7.09. The zero-order chi connectivity index (χ0) is 17.2. The Bertz CT molecular complexity index is 518. The summed E-state index contributed by atoms with van der Waals surface area (Å²) < 4.78 is 0. The number of hydrogen-bond acceptors (Lipinski definition) is 4. The Labute approximate surface area is 142 Å². The fraction of sp³-hybridized carbons (Fsp3) is 0.824. The Hall–Kier alpha value is -1.63. The summed E-state index contributed by atoms with van der Waals surface area (Å²) in [6, 6.07) is -0.427. The molecule has 1 aliphatic carbocycles. The maximum Gasteiger partial charge on any atom is 0.325 e. The van der Waals surface area contributed by atoms with Crippen molar-refractivity contribution in [3.8, 4) is 0 Å². The number of carbonyl (C=O) groups excluding carboxylic acids is 3. The fourth-order valence-corrected chi connectivity index (χ4v) is 4.22. The highest BCUT2D eigenvalue weighted by molar-refractivity contribution is 6.09. The standard InChI is InChI=1S/C17H28N4O3/c1-12-4-2-3-7-17(12)15(23)21(16(24)20-17)11-14(22)19-9-6-13-5-8-18-10-13/h12-13,18H,2-11H2,1H3,(H,19,22)(H,20,24). The molecule has 7 nitrogen and oxygen atoms in total. The zero-order valence-corrected chi connectivity index (χ0v) is 14.4. The smallest absolute Gasteiger partial charge is 0.325 e. The maximum absolute atomic E-state index is 12.8. The summed E-state index contributed by atoms with van der Waals surface area (Å²) in [5.74, 6) is 0.235. The van der Waals surface area contributed by atoms with Crippen molar-refractivity contribution in [1.82, 2.24) is 20.9 Å². The molecule has 1 spiro atoms. The van der Waals surface area contributed by atoms with Crippen molar-refractivity contribution in [1.29, 1.82) is 0 Å². The van der Waals surface area contributed by atoms with Gasteiger partial charge in [-0.3, -0.25) is 14.5 Å². The lowest BCUT2D eigenvalue weighted by Crippen LogP contribution is -2.54. The van der Waals surface area contributed by atoms with Crippen molar-refractivity contribution >= 4 is 17.8 Å². The van der Waals surface area contributed by atoms with E-state index in [1.807, 2.05) is 6.92 Å². The average molecular weight is 336 g/mol. The predicted molar refractivity (Wildman–Crippen MR) is 89.2 cm³/mol. The maximum atomic E-state index is 12.8. The molecule has 3 N–H and O–H groups in total. The van der Waals surface area contributed by atoms with Gasteiger partial charge in [0.2, 0.25) is 5.91 Å². The van der Waals surface area contributed by atoms with E-state index < -0.39 is 11.6 Å². The Morgan fingerprint density at radius 2 is 2.17 bits per heavy atom. The van der Waals surface area contributed by atoms with Crippen LogP contribution in [-0.4, -0.2) is 54.5 Å². The third kappa shape index (κ3) is 3.27. The van der Waals surface area contributed by atoms with Crippen molar-refractivity contribution < 1.29 is 14.4 Å². The molecule has 0 radical (unpaired) electrons. The Morgan fingerprint density at radius 1 is 1.33 bits per heavy atom. The number of urea groups is 1. The quantitative estimate of drug-likeness (QED) is 0.642. The second-order valence-electron chi connectivity index (χ2n) is 7.44. The SMILES string of the molecule is CC1CCCCC12NC(=O)N(CC(=O)NCCC1CCNC1)C2=O. The number of hydrogen-bond donors (Lipinski definition) is 3. The third-order valence-electron chi connectivity index (χ3n) is 5.84. The first-order chi connectivity index (χ1) is 11.5. The van der Waals surface area contributed by atoms with Gasteiger partial charge in [0.25, 0.3) is 5.91 Å². The van der Waals surface area contributed by atoms with Crippen LogP contribution in [0.5, 0.6) is 0 Å². The molecule has 0 bridgehead atoms. The van der Waals surface area contributed by atoms with E-state index >= 15 is 0 Å². The lowest BCUT2D eigenvalue weighted by Gasteiger charge is -2.36. The summed E-state index contributed by atoms with van der Waals surface area (Å²) in [4.78, 5) is 38.2. The minimum atomic E-state index is -0.787. The molecule has 3 atom stereocenters. The van der Waals surface area contributed by atoms with Gasteiger partial charge < -0.3 is 16.0 Å². The lowest BCUT2D eigenvalue weighted by atomic mass is 9.73. The summed E-state index contributed by atoms with van der Waals surface area (Å²) in [7, 11) is 0. The van der Waals surface area contributed by atoms with Gasteiger partial charge in [-0.15, -0.1) is 0 Å². The summed E-state index contributed by atoms with van der Waals surface area (Å²) >= 11 is 0. The molecular weight excluding hydrogens is 308 g/mol. The number of nitrogens with one attached hydrogen (secondary N) is 3. The highest BCUT2D eigenvalue weighted by Crippen LogP contribution is 2.38. The van der Waals surface area contributed by atoms with Gasteiger partial charge in [0.1, 0.15) is 12.1 Å². The molecule has 2 aliphatic heterocycles. The molecule has 7 heteroatoms. The highest BCUT2D eigenvalue weighted by atomic mass is 16.2. The molecule has 3 fully saturated rings. The summed E-state index contributed by atoms with van der Waals surface area (Å²) in [6.45, 7) is 4.47. The van der Waals surface area contributed by atoms with Crippen molar-refractivity contribution in [3.05, 3.63) is 0 Å². The van der Waals surface area contributed by atoms with Crippen molar-refractivity contribution in [3.63, 3.8) is 0 Å². The Morgan fingerprint density at radius 3 is 2.88 bits per heavy atom. The molecule has 2 saturated heterocycles. The predicted octanol–water partition coefficient (Wildman–Crippen LogP) is 0.603. The zero-order valence-electron chi connectivity index (χ0n) is 14.4. The van der Waals surface area contributed by atoms with Crippen molar-refractivity contribution in [2.24, 2.45) is 11.8 Å². The largest absolute Gasteiger partial charge is 0.355 e. The normalized spacial score (nSPS) is 33.1. The number of nitrogens with zero attached hydrogens (tertiary/aromatic N) is 1. The van der Waals surface area contributed by atoms with Crippen LogP contribution in [-0.2, 0) is 9.59 Å². The van der Waals surface area contributed by atoms with Gasteiger partial charge in [0.15, 0.2) is 0 Å². The first kappa shape index (κ1) is 17.2. The van der Waals surface area contributed by atoms with Crippen molar-refractivity contribution in [2.75, 3.05) is 26.2 Å². The van der Waals surface area contributed by atoms with Gasteiger partial charge in [-0.05, 0) is 50.6 Å². The molecule has 4 amide bonds. The van der Waals surface area contributed by atoms with E-state index in [9.17, 15) is 14.4 Å². The number of amides is 4. The monoisotopic (exact) mass is 336 g/mol. The molecule has 3 unspecified atom stereocenters. The van der Waals surface area contributed by atoms with Crippen molar-refractivity contribution in [2.45, 2.75) is 51.0 Å². The number of rotatable bonds is 5. The van der Waals surface area contributed by atoms with Crippen LogP contribution < -0.4 is 16.0 Å². The highest BCUT2D eigenvalue weighted by Gasteiger charge is 2.55. The number of carbonyl (C=O) groups is 3. The second-order valence-corrected chi connectivity index (χ2v) is 7.44. The van der Waals surface area contributed by atoms with Gasteiger partial charge in [0, 0.05) is 6.54 Å². The Kier molecular flexibility index (Phi) is 5.08. The number of imide groups is 1. The molecule has 0 aromatic rings. The van der Waals surface area contributed by atoms with Gasteiger partial charge in [-0.2, -0.15) is 0 Å². The van der Waals surface area contributed by atoms with E-state index in [-0.39, 0.29) is 24.3 Å². The molecule has 24 heavy (non-hydrogen) atoms. The molecule has 3 aliphatic rings. The first-order valence-corrected chi connectivity index (χ1v) is 9.14. The third-order valence-corrected chi connectivity index (χ3v) is 5.84. The molecule has 0 aromatic carbocycles. The average Bonchev–Trinajstić information content (AvgIpc) is 3.14. The molecule has 0 aromatic heterocycles. The summed E-state index contributed by atoms with van der Waals surface area (Å²) in [5, 5.41) is 9.01. The van der Waals surface area contributed by atoms with E-state index in [0.717, 1.165) is 50.1 Å². The minimum absolute atomic E-state index is 0.116. The van der Waals surface area contributed by atoms with E-state index in [1.54, 1.807) is 0 Å². The summed E-state index contributed by atoms with van der Waals surface area (Å²) in [5.41, 5.74) is -0.787. The van der Waals surface area contributed by atoms with Crippen LogP contribution in [0.3, 0.4) is 0 Å². The Balaban J connectivity index is 1.51. The van der Waals surface area contributed by atoms with Crippen LogP contribution in [0.1, 0.15) is 45.4 Å². The van der Waals surface area contributed by atoms with Crippen LogP contribution >= 0.6 is 0 Å². The van der Waals surface area contributed by atoms with Gasteiger partial charge >= 0.3 is 6.03 Å². The van der Waals surface area contributed by atoms with Gasteiger partial charge in [0.05, 0.1) is 0 Å². The van der Waals surface area contributed by atoms with Gasteiger partial charge in [-0.1, -0.05) is 19.8 Å². The van der Waals surface area contributed by atoms with Crippen LogP contribution in [0.25, 0.3) is 0 Å². The minimum Gasteiger partial charge on any atom is -0.355 e. The topological polar surface area (TPSA) is 90.5 Å². The molecule has 3 rings (SSSR count). The van der Waals surface area contributed by atoms with E-state index in [0.29, 0.717) is 18.9 Å². The molecule has 1 saturated carbocycles. The van der Waals surface area contributed by atoms with E-state index in [2.05, 4.69) is 16.0 Å². The summed E-state index contributed by atoms with van der Waals surface area (Å²) in [6.07, 6.45) is 5.70. The van der Waals surface area contributed by atoms with E-state index in [4.69, 9.17) is 0 Å². The van der Waals surface area contributed by atoms with Crippen LogP contribution in [0, 0.1) is 11.8 Å². The first-order valence-electron chi connectivity index (χ1n) is 9.14.